The van der Waals surface area contributed by atoms with Gasteiger partial charge in [-0.1, -0.05) is 19.1 Å². The summed E-state index contributed by atoms with van der Waals surface area (Å²) in [4.78, 5) is 2.71. The fourth-order valence-electron chi connectivity index (χ4n) is 2.44. The van der Waals surface area contributed by atoms with Crippen LogP contribution < -0.4 is 11.1 Å². The third kappa shape index (κ3) is 3.87. The molecule has 7 heteroatoms. The van der Waals surface area contributed by atoms with Crippen LogP contribution in [0, 0.1) is 13.8 Å². The quantitative estimate of drug-likeness (QED) is 0.781. The average Bonchev–Trinajstić information content (AvgIpc) is 2.48. The number of aryl methyl sites for hydroxylation is 1. The lowest BCUT2D eigenvalue weighted by molar-refractivity contribution is -0.0192. The summed E-state index contributed by atoms with van der Waals surface area (Å²) in [6, 6.07) is 0. The summed E-state index contributed by atoms with van der Waals surface area (Å²) in [6.07, 6.45) is 0.140. The minimum atomic E-state index is 0.140. The second kappa shape index (κ2) is 7.11. The molecule has 21 heavy (non-hydrogen) atoms. The van der Waals surface area contributed by atoms with Crippen molar-refractivity contribution in [1.29, 1.82) is 0 Å². The van der Waals surface area contributed by atoms with Crippen molar-refractivity contribution < 1.29 is 4.74 Å². The van der Waals surface area contributed by atoms with E-state index in [0.717, 1.165) is 43.1 Å². The van der Waals surface area contributed by atoms with Gasteiger partial charge in [0.1, 0.15) is 4.99 Å². The first-order valence-corrected chi connectivity index (χ1v) is 7.65. The van der Waals surface area contributed by atoms with Crippen molar-refractivity contribution in [1.82, 2.24) is 15.1 Å². The monoisotopic (exact) mass is 309 g/mol. The number of nitrogens with two attached hydrogens (primary N) is 1. The lowest BCUT2D eigenvalue weighted by Crippen LogP contribution is -2.45. The van der Waals surface area contributed by atoms with Crippen LogP contribution in [-0.4, -0.2) is 59.0 Å². The predicted octanol–water partition coefficient (Wildman–Crippen LogP) is 0.860. The van der Waals surface area contributed by atoms with Gasteiger partial charge in [0.15, 0.2) is 5.82 Å². The molecule has 1 aliphatic rings. The first kappa shape index (κ1) is 16.1. The van der Waals surface area contributed by atoms with E-state index in [-0.39, 0.29) is 6.10 Å². The molecular weight excluding hydrogens is 286 g/mol. The molecule has 1 unspecified atom stereocenters. The van der Waals surface area contributed by atoms with Crippen molar-refractivity contribution in [2.45, 2.75) is 26.9 Å². The Morgan fingerprint density at radius 2 is 2.24 bits per heavy atom. The zero-order valence-electron chi connectivity index (χ0n) is 12.8. The largest absolute Gasteiger partial charge is 0.389 e. The molecule has 0 aliphatic carbocycles. The number of morpholine rings is 1. The summed E-state index contributed by atoms with van der Waals surface area (Å²) in [5.74, 6) is 0.642. The molecule has 116 valence electrons. The number of thiocarbonyl (C=S) groups is 1. The van der Waals surface area contributed by atoms with E-state index in [1.54, 1.807) is 0 Å². The highest BCUT2D eigenvalue weighted by molar-refractivity contribution is 7.80. The minimum absolute atomic E-state index is 0.140. The summed E-state index contributed by atoms with van der Waals surface area (Å²) in [5, 5.41) is 11.6. The second-order valence-electron chi connectivity index (χ2n) is 5.27. The first-order valence-electron chi connectivity index (χ1n) is 7.24. The fourth-order valence-corrected chi connectivity index (χ4v) is 2.69. The highest BCUT2D eigenvalue weighted by Gasteiger charge is 2.20. The highest BCUT2D eigenvalue weighted by Crippen LogP contribution is 2.18. The molecule has 0 aromatic carbocycles. The van der Waals surface area contributed by atoms with E-state index in [1.807, 2.05) is 13.8 Å². The predicted molar refractivity (Wildman–Crippen MR) is 87.7 cm³/mol. The molecule has 1 aromatic heterocycles. The van der Waals surface area contributed by atoms with E-state index in [4.69, 9.17) is 22.7 Å². The maximum absolute atomic E-state index is 5.82. The van der Waals surface area contributed by atoms with Crippen molar-refractivity contribution in [3.63, 3.8) is 0 Å². The SMILES string of the molecule is CCN1CCOC(CNc2nnc(C)c(C)c2C(N)=S)C1. The minimum Gasteiger partial charge on any atom is -0.389 e. The molecule has 1 aliphatic heterocycles. The Morgan fingerprint density at radius 1 is 1.48 bits per heavy atom. The van der Waals surface area contributed by atoms with E-state index in [1.165, 1.54) is 0 Å². The average molecular weight is 309 g/mol. The zero-order valence-corrected chi connectivity index (χ0v) is 13.7. The molecule has 6 nitrogen and oxygen atoms in total. The lowest BCUT2D eigenvalue weighted by Gasteiger charge is -2.32. The number of hydrogen-bond donors (Lipinski definition) is 2. The smallest absolute Gasteiger partial charge is 0.159 e. The van der Waals surface area contributed by atoms with Gasteiger partial charge in [0.2, 0.25) is 0 Å². The highest BCUT2D eigenvalue weighted by atomic mass is 32.1. The number of aromatic nitrogens is 2. The van der Waals surface area contributed by atoms with Crippen molar-refractivity contribution >= 4 is 23.0 Å². The van der Waals surface area contributed by atoms with Crippen molar-refractivity contribution in [3.05, 3.63) is 16.8 Å². The van der Waals surface area contributed by atoms with Crippen LogP contribution >= 0.6 is 12.2 Å². The number of anilines is 1. The van der Waals surface area contributed by atoms with Crippen LogP contribution in [0.1, 0.15) is 23.7 Å². The standard InChI is InChI=1S/C14H23N5OS/c1-4-19-5-6-20-11(8-19)7-16-14-12(13(15)21)9(2)10(3)17-18-14/h11H,4-8H2,1-3H3,(H2,15,21)(H,16,18). The molecule has 0 saturated carbocycles. The Bertz CT molecular complexity index is 522. The molecule has 3 N–H and O–H groups in total. The molecule has 2 heterocycles. The van der Waals surface area contributed by atoms with Gasteiger partial charge >= 0.3 is 0 Å². The van der Waals surface area contributed by atoms with Gasteiger partial charge in [-0.3, -0.25) is 4.90 Å². The zero-order chi connectivity index (χ0) is 15.4. The maximum atomic E-state index is 5.82. The normalized spacial score (nSPS) is 19.5. The van der Waals surface area contributed by atoms with Gasteiger partial charge < -0.3 is 15.8 Å². The van der Waals surface area contributed by atoms with Gasteiger partial charge in [0.05, 0.1) is 24.0 Å². The van der Waals surface area contributed by atoms with Gasteiger partial charge in [-0.25, -0.2) is 0 Å². The Morgan fingerprint density at radius 3 is 2.90 bits per heavy atom. The van der Waals surface area contributed by atoms with Crippen LogP contribution in [0.4, 0.5) is 5.82 Å². The van der Waals surface area contributed by atoms with Gasteiger partial charge in [-0.2, -0.15) is 5.10 Å². The second-order valence-corrected chi connectivity index (χ2v) is 5.71. The number of nitrogens with one attached hydrogen (secondary N) is 1. The van der Waals surface area contributed by atoms with Crippen LogP contribution in [0.5, 0.6) is 0 Å². The van der Waals surface area contributed by atoms with E-state index in [9.17, 15) is 0 Å². The van der Waals surface area contributed by atoms with E-state index in [0.29, 0.717) is 17.4 Å². The van der Waals surface area contributed by atoms with Crippen LogP contribution in [0.15, 0.2) is 0 Å². The van der Waals surface area contributed by atoms with Crippen LogP contribution in [-0.2, 0) is 4.74 Å². The molecule has 0 spiro atoms. The Kier molecular flexibility index (Phi) is 5.44. The number of nitrogens with zero attached hydrogens (tertiary/aromatic N) is 3. The first-order chi connectivity index (χ1) is 10.0. The molecule has 1 atom stereocenters. The lowest BCUT2D eigenvalue weighted by atomic mass is 10.1. The van der Waals surface area contributed by atoms with E-state index < -0.39 is 0 Å². The van der Waals surface area contributed by atoms with Crippen molar-refractivity contribution in [3.8, 4) is 0 Å². The third-order valence-corrected chi connectivity index (χ3v) is 4.07. The van der Waals surface area contributed by atoms with Crippen LogP contribution in [0.25, 0.3) is 0 Å². The van der Waals surface area contributed by atoms with Gasteiger partial charge in [-0.05, 0) is 26.0 Å². The van der Waals surface area contributed by atoms with Gasteiger partial charge in [-0.15, -0.1) is 5.10 Å². The summed E-state index contributed by atoms with van der Waals surface area (Å²) < 4.78 is 5.77. The molecule has 1 fully saturated rings. The molecule has 0 bridgehead atoms. The van der Waals surface area contributed by atoms with Crippen molar-refractivity contribution in [2.75, 3.05) is 38.1 Å². The van der Waals surface area contributed by atoms with Gasteiger partial charge in [0, 0.05) is 19.6 Å². The molecule has 1 saturated heterocycles. The Balaban J connectivity index is 2.06. The number of likely N-dealkylation sites (N-methyl/N-ethyl adjacent to an activating group) is 1. The molecular formula is C14H23N5OS. The number of rotatable bonds is 5. The van der Waals surface area contributed by atoms with Crippen molar-refractivity contribution in [2.24, 2.45) is 5.73 Å². The Labute approximate surface area is 131 Å². The van der Waals surface area contributed by atoms with Crippen LogP contribution in [0.3, 0.4) is 0 Å². The van der Waals surface area contributed by atoms with Gasteiger partial charge in [0.25, 0.3) is 0 Å². The van der Waals surface area contributed by atoms with E-state index in [2.05, 4.69) is 27.3 Å². The molecule has 0 radical (unpaired) electrons. The molecule has 2 rings (SSSR count). The maximum Gasteiger partial charge on any atom is 0.159 e. The number of hydrogen-bond acceptors (Lipinski definition) is 6. The molecule has 0 amide bonds. The summed E-state index contributed by atoms with van der Waals surface area (Å²) in [5.41, 5.74) is 8.41. The topological polar surface area (TPSA) is 76.3 Å². The fraction of sp³-hybridized carbons (Fsp3) is 0.643. The summed E-state index contributed by atoms with van der Waals surface area (Å²) >= 11 is 5.14. The number of ether oxygens (including phenoxy) is 1. The van der Waals surface area contributed by atoms with E-state index >= 15 is 0 Å². The van der Waals surface area contributed by atoms with Crippen LogP contribution in [0.2, 0.25) is 0 Å². The summed E-state index contributed by atoms with van der Waals surface area (Å²) in [7, 11) is 0. The summed E-state index contributed by atoms with van der Waals surface area (Å²) in [6.45, 7) is 10.4. The third-order valence-electron chi connectivity index (χ3n) is 3.87. The molecule has 1 aromatic rings. The Hall–Kier alpha value is -1.31.